The predicted molar refractivity (Wildman–Crippen MR) is 60.8 cm³/mol. The summed E-state index contributed by atoms with van der Waals surface area (Å²) < 4.78 is 0. The van der Waals surface area contributed by atoms with Crippen molar-refractivity contribution in [3.63, 3.8) is 0 Å². The Bertz CT molecular complexity index is 510. The largest absolute Gasteiger partial charge is 0.481 e. The van der Waals surface area contributed by atoms with Crippen LogP contribution in [0.1, 0.15) is 11.5 Å². The molecule has 2 rings (SSSR count). The van der Waals surface area contributed by atoms with Gasteiger partial charge in [-0.3, -0.25) is 4.79 Å². The summed E-state index contributed by atoms with van der Waals surface area (Å²) in [6, 6.07) is 7.07. The first kappa shape index (κ1) is 11.3. The van der Waals surface area contributed by atoms with Gasteiger partial charge in [0.25, 0.3) is 0 Å². The second-order valence-electron chi connectivity index (χ2n) is 3.50. The van der Waals surface area contributed by atoms with E-state index in [4.69, 9.17) is 10.8 Å². The van der Waals surface area contributed by atoms with Crippen molar-refractivity contribution in [3.8, 4) is 5.69 Å². The van der Waals surface area contributed by atoms with Gasteiger partial charge in [-0.25, -0.2) is 0 Å². The summed E-state index contributed by atoms with van der Waals surface area (Å²) in [6.07, 6.45) is 3.07. The van der Waals surface area contributed by atoms with Gasteiger partial charge in [-0.15, -0.1) is 0 Å². The summed E-state index contributed by atoms with van der Waals surface area (Å²) in [5.74, 6) is -1.70. The number of hydrogen-bond acceptors (Lipinski definition) is 4. The number of para-hydroxylation sites is 1. The van der Waals surface area contributed by atoms with E-state index in [0.717, 1.165) is 0 Å². The lowest BCUT2D eigenvalue weighted by atomic mass is 9.98. The molecule has 0 aliphatic heterocycles. The van der Waals surface area contributed by atoms with Crippen LogP contribution >= 0.6 is 0 Å². The minimum absolute atomic E-state index is 0.0353. The molecule has 88 valence electrons. The van der Waals surface area contributed by atoms with Crippen molar-refractivity contribution in [2.45, 2.75) is 5.92 Å². The third kappa shape index (κ3) is 2.16. The van der Waals surface area contributed by atoms with Crippen molar-refractivity contribution >= 4 is 5.97 Å². The Balaban J connectivity index is 2.51. The van der Waals surface area contributed by atoms with E-state index in [-0.39, 0.29) is 6.54 Å². The number of rotatable bonds is 4. The lowest BCUT2D eigenvalue weighted by molar-refractivity contribution is -0.138. The topological polar surface area (TPSA) is 94.0 Å². The number of nitrogens with two attached hydrogens (primary N) is 1. The quantitative estimate of drug-likeness (QED) is 0.795. The smallest absolute Gasteiger partial charge is 0.312 e. The Morgan fingerprint density at radius 2 is 2.00 bits per heavy atom. The molecule has 6 heteroatoms. The number of nitrogens with zero attached hydrogens (tertiary/aromatic N) is 3. The summed E-state index contributed by atoms with van der Waals surface area (Å²) in [4.78, 5) is 12.5. The minimum atomic E-state index is -0.952. The van der Waals surface area contributed by atoms with Crippen LogP contribution in [-0.2, 0) is 4.79 Å². The molecule has 0 fully saturated rings. The molecule has 0 saturated carbocycles. The average Bonchev–Trinajstić information content (AvgIpc) is 2.83. The lowest BCUT2D eigenvalue weighted by Crippen LogP contribution is -2.23. The molecule has 0 spiro atoms. The fourth-order valence-electron chi connectivity index (χ4n) is 1.67. The van der Waals surface area contributed by atoms with Gasteiger partial charge >= 0.3 is 5.97 Å². The number of benzene rings is 1. The molecule has 3 N–H and O–H groups in total. The molecule has 1 aromatic heterocycles. The van der Waals surface area contributed by atoms with Crippen LogP contribution in [0.15, 0.2) is 36.7 Å². The fraction of sp³-hybridized carbons (Fsp3) is 0.182. The zero-order valence-corrected chi connectivity index (χ0v) is 9.02. The first-order valence-corrected chi connectivity index (χ1v) is 5.12. The number of carboxylic acid groups (broad SMARTS) is 1. The van der Waals surface area contributed by atoms with Gasteiger partial charge in [-0.2, -0.15) is 15.0 Å². The third-order valence-corrected chi connectivity index (χ3v) is 2.48. The van der Waals surface area contributed by atoms with Crippen LogP contribution in [0.2, 0.25) is 0 Å². The van der Waals surface area contributed by atoms with Crippen molar-refractivity contribution in [1.29, 1.82) is 0 Å². The molecule has 1 unspecified atom stereocenters. The van der Waals surface area contributed by atoms with Crippen molar-refractivity contribution in [2.24, 2.45) is 5.73 Å². The summed E-state index contributed by atoms with van der Waals surface area (Å²) in [7, 11) is 0. The summed E-state index contributed by atoms with van der Waals surface area (Å²) in [5.41, 5.74) is 6.74. The highest BCUT2D eigenvalue weighted by Gasteiger charge is 2.21. The van der Waals surface area contributed by atoms with Crippen LogP contribution in [0.5, 0.6) is 0 Å². The van der Waals surface area contributed by atoms with Gasteiger partial charge in [0.1, 0.15) is 0 Å². The van der Waals surface area contributed by atoms with Gasteiger partial charge in [0.15, 0.2) is 0 Å². The van der Waals surface area contributed by atoms with Crippen LogP contribution in [0, 0.1) is 0 Å². The van der Waals surface area contributed by atoms with E-state index >= 15 is 0 Å². The molecule has 0 radical (unpaired) electrons. The van der Waals surface area contributed by atoms with Crippen LogP contribution in [-0.4, -0.2) is 32.6 Å². The van der Waals surface area contributed by atoms with Gasteiger partial charge in [0, 0.05) is 6.54 Å². The summed E-state index contributed by atoms with van der Waals surface area (Å²) >= 11 is 0. The van der Waals surface area contributed by atoms with Gasteiger partial charge in [0.2, 0.25) is 0 Å². The molecule has 2 aromatic rings. The van der Waals surface area contributed by atoms with E-state index in [2.05, 4.69) is 10.2 Å². The molecule has 1 heterocycles. The van der Waals surface area contributed by atoms with E-state index in [1.54, 1.807) is 24.3 Å². The van der Waals surface area contributed by atoms with E-state index in [1.165, 1.54) is 17.2 Å². The first-order valence-electron chi connectivity index (χ1n) is 5.12. The number of hydrogen-bond donors (Lipinski definition) is 2. The summed E-state index contributed by atoms with van der Waals surface area (Å²) in [6.45, 7) is 0.0353. The molecule has 0 aliphatic carbocycles. The molecule has 0 aliphatic rings. The number of aromatic nitrogens is 3. The van der Waals surface area contributed by atoms with Crippen molar-refractivity contribution in [3.05, 3.63) is 42.2 Å². The minimum Gasteiger partial charge on any atom is -0.481 e. The van der Waals surface area contributed by atoms with Crippen molar-refractivity contribution < 1.29 is 9.90 Å². The zero-order chi connectivity index (χ0) is 12.3. The van der Waals surface area contributed by atoms with E-state index < -0.39 is 11.9 Å². The Kier molecular flexibility index (Phi) is 3.15. The Hall–Kier alpha value is -2.21. The van der Waals surface area contributed by atoms with E-state index in [0.29, 0.717) is 11.3 Å². The van der Waals surface area contributed by atoms with Crippen LogP contribution in [0.4, 0.5) is 0 Å². The second kappa shape index (κ2) is 4.75. The maximum absolute atomic E-state index is 11.1. The first-order chi connectivity index (χ1) is 8.24. The van der Waals surface area contributed by atoms with Gasteiger partial charge in [0.05, 0.1) is 24.0 Å². The normalized spacial score (nSPS) is 12.3. The van der Waals surface area contributed by atoms with Crippen LogP contribution < -0.4 is 5.73 Å². The lowest BCUT2D eigenvalue weighted by Gasteiger charge is -2.14. The highest BCUT2D eigenvalue weighted by molar-refractivity contribution is 5.78. The Labute approximate surface area is 97.7 Å². The van der Waals surface area contributed by atoms with Gasteiger partial charge in [-0.05, 0) is 11.6 Å². The van der Waals surface area contributed by atoms with Crippen molar-refractivity contribution in [1.82, 2.24) is 15.0 Å². The van der Waals surface area contributed by atoms with E-state index in [1.807, 2.05) is 0 Å². The Morgan fingerprint density at radius 3 is 2.59 bits per heavy atom. The molecule has 0 amide bonds. The average molecular weight is 232 g/mol. The number of carboxylic acids is 1. The monoisotopic (exact) mass is 232 g/mol. The van der Waals surface area contributed by atoms with Gasteiger partial charge < -0.3 is 10.8 Å². The highest BCUT2D eigenvalue weighted by Crippen LogP contribution is 2.21. The molecular weight excluding hydrogens is 220 g/mol. The molecule has 6 nitrogen and oxygen atoms in total. The van der Waals surface area contributed by atoms with Crippen molar-refractivity contribution in [2.75, 3.05) is 6.54 Å². The SMILES string of the molecule is NCC(C(=O)O)c1ccccc1-n1nccn1. The molecule has 0 saturated heterocycles. The molecule has 1 atom stereocenters. The van der Waals surface area contributed by atoms with E-state index in [9.17, 15) is 4.79 Å². The summed E-state index contributed by atoms with van der Waals surface area (Å²) in [5, 5.41) is 17.1. The van der Waals surface area contributed by atoms with Crippen LogP contribution in [0.3, 0.4) is 0 Å². The predicted octanol–water partition coefficient (Wildman–Crippen LogP) is 0.394. The maximum atomic E-state index is 11.1. The van der Waals surface area contributed by atoms with Crippen LogP contribution in [0.25, 0.3) is 5.69 Å². The van der Waals surface area contributed by atoms with Gasteiger partial charge in [-0.1, -0.05) is 18.2 Å². The third-order valence-electron chi connectivity index (χ3n) is 2.48. The maximum Gasteiger partial charge on any atom is 0.312 e. The fourth-order valence-corrected chi connectivity index (χ4v) is 1.67. The standard InChI is InChI=1S/C11H12N4O2/c12-7-9(11(16)17)8-3-1-2-4-10(8)15-13-5-6-14-15/h1-6,9H,7,12H2,(H,16,17). The second-order valence-corrected chi connectivity index (χ2v) is 3.50. The molecule has 17 heavy (non-hydrogen) atoms. The molecule has 1 aromatic carbocycles. The number of carbonyl (C=O) groups is 1. The molecule has 0 bridgehead atoms. The highest BCUT2D eigenvalue weighted by atomic mass is 16.4. The molecular formula is C11H12N4O2. The zero-order valence-electron chi connectivity index (χ0n) is 9.02. The Morgan fingerprint density at radius 1 is 1.35 bits per heavy atom. The number of aliphatic carboxylic acids is 1.